The molecule has 6 heteroatoms. The van der Waals surface area contributed by atoms with Crippen molar-refractivity contribution in [3.8, 4) is 101 Å². The van der Waals surface area contributed by atoms with E-state index in [9.17, 15) is 0 Å². The molecule has 0 N–H and O–H groups in total. The van der Waals surface area contributed by atoms with Gasteiger partial charge in [-0.3, -0.25) is 0 Å². The molecule has 0 saturated carbocycles. The minimum absolute atomic E-state index is 0.164. The Morgan fingerprint density at radius 1 is 0.174 bits per heavy atom. The molecule has 138 heavy (non-hydrogen) atoms. The van der Waals surface area contributed by atoms with Crippen LogP contribution < -0.4 is 19.3 Å². The van der Waals surface area contributed by atoms with E-state index in [-0.39, 0.29) is 10.8 Å². The Labute approximate surface area is 797 Å². The molecule has 2 aromatic heterocycles. The molecule has 22 aromatic carbocycles. The lowest BCUT2D eigenvalue weighted by atomic mass is 9.65. The molecule has 0 saturated heterocycles. The van der Waals surface area contributed by atoms with E-state index in [0.717, 1.165) is 200 Å². The lowest BCUT2D eigenvalue weighted by Gasteiger charge is -2.40. The highest BCUT2D eigenvalue weighted by Gasteiger charge is 2.54. The predicted molar refractivity (Wildman–Crippen MR) is 567 cm³/mol. The summed E-state index contributed by atoms with van der Waals surface area (Å²) >= 11 is 0. The second-order valence-electron chi connectivity index (χ2n) is 39.5. The van der Waals surface area contributed by atoms with Crippen LogP contribution in [0.4, 0.5) is 34.1 Å². The molecule has 2 aliphatic heterocycles. The molecule has 24 aromatic rings. The van der Waals surface area contributed by atoms with Gasteiger partial charge in [0, 0.05) is 116 Å². The number of benzene rings is 22. The van der Waals surface area contributed by atoms with Gasteiger partial charge in [0.2, 0.25) is 0 Å². The van der Waals surface area contributed by atoms with Crippen LogP contribution in [0.1, 0.15) is 94.5 Å². The van der Waals surface area contributed by atoms with Gasteiger partial charge >= 0.3 is 0 Å². The van der Waals surface area contributed by atoms with Crippen LogP contribution in [0.2, 0.25) is 0 Å². The van der Waals surface area contributed by atoms with Crippen LogP contribution in [-0.2, 0) is 21.7 Å². The molecule has 0 fully saturated rings. The summed E-state index contributed by atoms with van der Waals surface area (Å²) in [5.74, 6) is 3.65. The van der Waals surface area contributed by atoms with Gasteiger partial charge in [0.15, 0.2) is 0 Å². The lowest BCUT2D eigenvalue weighted by molar-refractivity contribution is 0.447. The molecule has 0 unspecified atom stereocenters. The highest BCUT2D eigenvalue weighted by Crippen LogP contribution is 2.68. The van der Waals surface area contributed by atoms with Crippen LogP contribution in [-0.4, -0.2) is 0 Å². The molecule has 6 nitrogen and oxygen atoms in total. The maximum Gasteiger partial charge on any atom is 0.140 e. The second-order valence-corrected chi connectivity index (χ2v) is 39.5. The molecule has 646 valence electrons. The SMILES string of the molecule is CC1(C)c2ccccc2-c2cc(N(c3ccc(-c4ccc5c(c4)-c4ccccc4C54c5ccc6ccccc6c5Oc5c4ccc4ccccc54)cc3)c3ccc4c(c3)oc3cc(-c5cccc6c5-c5cc(N(c7ccc(-c8ccc9c(c8)-c8ccccc8C98c9ccc%10ccccc%10c9Oc9c8ccc8ccccc98)cc7)c7ccc8oc9ccccc9c8c7)ccc5C6(C)C)ccc34)ccc21. The van der Waals surface area contributed by atoms with Crippen molar-refractivity contribution in [3.63, 3.8) is 0 Å². The summed E-state index contributed by atoms with van der Waals surface area (Å²) < 4.78 is 28.5. The maximum absolute atomic E-state index is 7.31. The number of nitrogens with zero attached hydrogens (tertiary/aromatic N) is 2. The molecule has 0 atom stereocenters. The molecule has 4 heterocycles. The van der Waals surface area contributed by atoms with Crippen LogP contribution in [0.15, 0.2) is 446 Å². The zero-order valence-electron chi connectivity index (χ0n) is 76.1. The molecule has 2 spiro atoms. The average Bonchev–Trinajstić information content (AvgIpc) is 1.48. The van der Waals surface area contributed by atoms with Crippen molar-refractivity contribution < 1.29 is 18.3 Å². The fourth-order valence-corrected chi connectivity index (χ4v) is 25.6. The van der Waals surface area contributed by atoms with Crippen LogP contribution in [0, 0.1) is 0 Å². The summed E-state index contributed by atoms with van der Waals surface area (Å²) in [4.78, 5) is 4.85. The average molecular weight is 1760 g/mol. The van der Waals surface area contributed by atoms with E-state index in [1.54, 1.807) is 0 Å². The number of furan rings is 2. The van der Waals surface area contributed by atoms with E-state index in [1.165, 1.54) is 89.0 Å². The van der Waals surface area contributed by atoms with Gasteiger partial charge in [0.25, 0.3) is 0 Å². The number of ether oxygens (including phenoxy) is 2. The van der Waals surface area contributed by atoms with Gasteiger partial charge in [-0.1, -0.05) is 349 Å². The third kappa shape index (κ3) is 10.5. The third-order valence-electron chi connectivity index (χ3n) is 32.0. The summed E-state index contributed by atoms with van der Waals surface area (Å²) in [6, 6.07) is 163. The highest BCUT2D eigenvalue weighted by molar-refractivity contribution is 6.11. The third-order valence-corrected chi connectivity index (χ3v) is 32.0. The zero-order chi connectivity index (χ0) is 90.9. The summed E-state index contributed by atoms with van der Waals surface area (Å²) in [5, 5.41) is 13.3. The Morgan fingerprint density at radius 3 is 1.02 bits per heavy atom. The molecule has 0 radical (unpaired) electrons. The molecule has 0 amide bonds. The van der Waals surface area contributed by atoms with Gasteiger partial charge in [0.05, 0.1) is 10.8 Å². The minimum Gasteiger partial charge on any atom is -0.456 e. The van der Waals surface area contributed by atoms with Crippen LogP contribution in [0.3, 0.4) is 0 Å². The smallest absolute Gasteiger partial charge is 0.140 e. The molecular weight excluding hydrogens is 1680 g/mol. The van der Waals surface area contributed by atoms with Crippen molar-refractivity contribution >= 4 is 121 Å². The Kier molecular flexibility index (Phi) is 15.7. The number of hydrogen-bond acceptors (Lipinski definition) is 6. The Hall–Kier alpha value is -17.3. The quantitative estimate of drug-likeness (QED) is 0.144. The van der Waals surface area contributed by atoms with Crippen LogP contribution in [0.25, 0.3) is 165 Å². The summed E-state index contributed by atoms with van der Waals surface area (Å²) in [6.45, 7) is 9.48. The van der Waals surface area contributed by atoms with Crippen molar-refractivity contribution in [1.82, 2.24) is 0 Å². The minimum atomic E-state index is -0.647. The Morgan fingerprint density at radius 2 is 0.493 bits per heavy atom. The van der Waals surface area contributed by atoms with Crippen molar-refractivity contribution in [1.29, 1.82) is 0 Å². The maximum atomic E-state index is 7.31. The molecular formula is C132H84N2O4. The fraction of sp³-hybridized carbons (Fsp3) is 0.0606. The molecule has 0 bridgehead atoms. The molecule has 30 rings (SSSR count). The van der Waals surface area contributed by atoms with Crippen molar-refractivity contribution in [3.05, 3.63) is 504 Å². The fourth-order valence-electron chi connectivity index (χ4n) is 25.6. The van der Waals surface area contributed by atoms with Gasteiger partial charge in [-0.15, -0.1) is 0 Å². The number of hydrogen-bond donors (Lipinski definition) is 0. The van der Waals surface area contributed by atoms with Crippen molar-refractivity contribution in [2.24, 2.45) is 0 Å². The number of rotatable bonds is 9. The first kappa shape index (κ1) is 77.2. The number of fused-ring (bicyclic) bond motifs is 38. The van der Waals surface area contributed by atoms with Gasteiger partial charge in [-0.05, 0) is 253 Å². The van der Waals surface area contributed by atoms with E-state index >= 15 is 0 Å². The first-order valence-corrected chi connectivity index (χ1v) is 48.0. The number of para-hydroxylation sites is 1. The zero-order valence-corrected chi connectivity index (χ0v) is 76.1. The summed E-state index contributed by atoms with van der Waals surface area (Å²) in [5.41, 5.74) is 39.3. The topological polar surface area (TPSA) is 51.2 Å². The monoisotopic (exact) mass is 1760 g/mol. The van der Waals surface area contributed by atoms with Crippen LogP contribution >= 0.6 is 0 Å². The summed E-state index contributed by atoms with van der Waals surface area (Å²) in [7, 11) is 0. The van der Waals surface area contributed by atoms with E-state index in [0.29, 0.717) is 0 Å². The summed E-state index contributed by atoms with van der Waals surface area (Å²) in [6.07, 6.45) is 0. The molecule has 4 aliphatic carbocycles. The van der Waals surface area contributed by atoms with E-state index in [4.69, 9.17) is 18.3 Å². The molecule has 6 aliphatic rings. The Balaban J connectivity index is 0.517. The largest absolute Gasteiger partial charge is 0.456 e. The predicted octanol–water partition coefficient (Wildman–Crippen LogP) is 35.6. The number of anilines is 6. The first-order valence-electron chi connectivity index (χ1n) is 48.0. The highest BCUT2D eigenvalue weighted by atomic mass is 16.5. The van der Waals surface area contributed by atoms with E-state index in [2.05, 4.69) is 468 Å². The first-order chi connectivity index (χ1) is 67.9. The van der Waals surface area contributed by atoms with Gasteiger partial charge in [-0.2, -0.15) is 0 Å². The second kappa shape index (κ2) is 28.2. The Bertz CT molecular complexity index is 9340. The van der Waals surface area contributed by atoms with Crippen molar-refractivity contribution in [2.75, 3.05) is 9.80 Å². The lowest BCUT2D eigenvalue weighted by Crippen LogP contribution is -2.32. The van der Waals surface area contributed by atoms with Crippen molar-refractivity contribution in [2.45, 2.75) is 49.4 Å². The normalized spacial score (nSPS) is 14.4. The van der Waals surface area contributed by atoms with Crippen LogP contribution in [0.5, 0.6) is 23.0 Å². The van der Waals surface area contributed by atoms with Gasteiger partial charge < -0.3 is 28.1 Å². The van der Waals surface area contributed by atoms with E-state index < -0.39 is 10.8 Å². The van der Waals surface area contributed by atoms with Gasteiger partial charge in [-0.25, -0.2) is 0 Å². The van der Waals surface area contributed by atoms with E-state index in [1.807, 2.05) is 6.07 Å². The standard InChI is InChI=1S/C132H84N2O4/c1-129(2)108-35-17-13-30-97(108)105-73-88(56-67-109(105)129)134(87-53-42-78(43-54-87)84-50-62-114-104(71-84)99-32-15-19-37-112(99)132(114)118-65-47-81-24-7-11-28-95(81)127(118)138-128-96-29-12-8-25-82(96)48-66-119(128)132)91-55-60-102-101-59-44-85(72-122(101)136-123(102)76-91)92-34-21-38-115-124(92)107-75-89(57-68-110(107)130(115,3)4)133(90-58-69-121-106(74-90)100-33-16-20-39-120(100)135-121)86-51-40-77(41-52-86)83-49-61-113-103(70-83)98-31-14-18-36-111(98)131(113)116-63-45-79-22-5-9-26-93(79)125(116)137-126-94-27-10-6-23-80(94)46-64-117(126)131/h5-76H,1-4H3. The van der Waals surface area contributed by atoms with Gasteiger partial charge in [0.1, 0.15) is 45.3 Å².